The van der Waals surface area contributed by atoms with Gasteiger partial charge in [0, 0.05) is 0 Å². The summed E-state index contributed by atoms with van der Waals surface area (Å²) in [5.41, 5.74) is -0.615. The molecule has 0 amide bonds. The Morgan fingerprint density at radius 1 is 1.16 bits per heavy atom. The van der Waals surface area contributed by atoms with Gasteiger partial charge in [0.1, 0.15) is 18.3 Å². The standard InChI is InChI=1S/C17H28Cl3NO4/c1-5-6-7-8-10-13(24-15(22)25-16(2,3)4)11-9-12-23-14(21)17(18,19)20/h9,11,13,21H,5-8,10,12H2,1-4H3/b11-9-,21-14?. The Morgan fingerprint density at radius 3 is 2.32 bits per heavy atom. The van der Waals surface area contributed by atoms with Crippen LogP contribution in [-0.2, 0) is 14.2 Å². The molecule has 5 nitrogen and oxygen atoms in total. The zero-order valence-corrected chi connectivity index (χ0v) is 17.5. The van der Waals surface area contributed by atoms with E-state index in [9.17, 15) is 4.79 Å². The summed E-state index contributed by atoms with van der Waals surface area (Å²) in [5, 5.41) is 7.44. The lowest BCUT2D eigenvalue weighted by Crippen LogP contribution is -2.27. The maximum Gasteiger partial charge on any atom is 0.509 e. The predicted octanol–water partition coefficient (Wildman–Crippen LogP) is 6.20. The Morgan fingerprint density at radius 2 is 1.80 bits per heavy atom. The molecule has 0 spiro atoms. The average molecular weight is 417 g/mol. The molecule has 0 aromatic rings. The van der Waals surface area contributed by atoms with Gasteiger partial charge in [-0.3, -0.25) is 5.41 Å². The van der Waals surface area contributed by atoms with Crippen LogP contribution in [0.2, 0.25) is 0 Å². The number of alkyl halides is 3. The zero-order chi connectivity index (χ0) is 19.5. The second kappa shape index (κ2) is 11.9. The molecule has 0 aliphatic heterocycles. The van der Waals surface area contributed by atoms with Crippen molar-refractivity contribution in [3.05, 3.63) is 12.2 Å². The summed E-state index contributed by atoms with van der Waals surface area (Å²) in [5.74, 6) is -0.463. The highest BCUT2D eigenvalue weighted by Gasteiger charge is 2.28. The number of nitrogens with one attached hydrogen (secondary N) is 1. The molecule has 0 bridgehead atoms. The molecular formula is C17H28Cl3NO4. The topological polar surface area (TPSA) is 68.6 Å². The van der Waals surface area contributed by atoms with E-state index in [0.717, 1.165) is 25.7 Å². The third-order valence-electron chi connectivity index (χ3n) is 2.91. The van der Waals surface area contributed by atoms with Crippen LogP contribution in [0.5, 0.6) is 0 Å². The van der Waals surface area contributed by atoms with Crippen LogP contribution in [0.3, 0.4) is 0 Å². The third kappa shape index (κ3) is 14.2. The van der Waals surface area contributed by atoms with Gasteiger partial charge in [-0.1, -0.05) is 61.0 Å². The van der Waals surface area contributed by atoms with Crippen LogP contribution in [0.25, 0.3) is 0 Å². The van der Waals surface area contributed by atoms with E-state index in [-0.39, 0.29) is 6.61 Å². The Bertz CT molecular complexity index is 442. The summed E-state index contributed by atoms with van der Waals surface area (Å²) in [4.78, 5) is 11.8. The minimum Gasteiger partial charge on any atom is -0.474 e. The van der Waals surface area contributed by atoms with Gasteiger partial charge in [-0.15, -0.1) is 0 Å². The van der Waals surface area contributed by atoms with Crippen molar-refractivity contribution in [2.75, 3.05) is 6.61 Å². The maximum atomic E-state index is 11.8. The average Bonchev–Trinajstić information content (AvgIpc) is 2.44. The highest BCUT2D eigenvalue weighted by atomic mass is 35.6. The molecule has 0 saturated heterocycles. The summed E-state index contributed by atoms with van der Waals surface area (Å²) in [6.45, 7) is 7.49. The van der Waals surface area contributed by atoms with Gasteiger partial charge < -0.3 is 14.2 Å². The Hall–Kier alpha value is -0.650. The van der Waals surface area contributed by atoms with Gasteiger partial charge in [-0.05, 0) is 45.8 Å². The van der Waals surface area contributed by atoms with E-state index in [4.69, 9.17) is 54.4 Å². The fraction of sp³-hybridized carbons (Fsp3) is 0.765. The van der Waals surface area contributed by atoms with E-state index in [2.05, 4.69) is 6.92 Å². The molecule has 1 unspecified atom stereocenters. The van der Waals surface area contributed by atoms with Crippen molar-refractivity contribution < 1.29 is 19.0 Å². The highest BCUT2D eigenvalue weighted by Crippen LogP contribution is 2.27. The number of carbonyl (C=O) groups is 1. The van der Waals surface area contributed by atoms with Gasteiger partial charge in [-0.2, -0.15) is 0 Å². The highest BCUT2D eigenvalue weighted by molar-refractivity contribution is 6.76. The fourth-order valence-electron chi connectivity index (χ4n) is 1.78. The second-order valence-electron chi connectivity index (χ2n) is 6.54. The number of unbranched alkanes of at least 4 members (excludes halogenated alkanes) is 3. The molecule has 0 aromatic carbocycles. The smallest absolute Gasteiger partial charge is 0.474 e. The summed E-state index contributed by atoms with van der Waals surface area (Å²) >= 11 is 16.6. The van der Waals surface area contributed by atoms with E-state index in [1.54, 1.807) is 32.9 Å². The largest absolute Gasteiger partial charge is 0.509 e. The lowest BCUT2D eigenvalue weighted by atomic mass is 10.1. The van der Waals surface area contributed by atoms with Gasteiger partial charge in [0.05, 0.1) is 0 Å². The predicted molar refractivity (Wildman–Crippen MR) is 103 cm³/mol. The van der Waals surface area contributed by atoms with Crippen molar-refractivity contribution in [2.45, 2.75) is 75.3 Å². The van der Waals surface area contributed by atoms with Gasteiger partial charge in [0.15, 0.2) is 0 Å². The van der Waals surface area contributed by atoms with Gasteiger partial charge in [0.2, 0.25) is 5.90 Å². The van der Waals surface area contributed by atoms with Crippen LogP contribution < -0.4 is 0 Å². The summed E-state index contributed by atoms with van der Waals surface area (Å²) < 4.78 is 13.6. The number of halogens is 3. The van der Waals surface area contributed by atoms with Crippen molar-refractivity contribution >= 4 is 46.9 Å². The Labute approximate surface area is 165 Å². The van der Waals surface area contributed by atoms with Crippen LogP contribution in [0.4, 0.5) is 4.79 Å². The molecule has 0 aliphatic rings. The Kier molecular flexibility index (Phi) is 11.6. The minimum atomic E-state index is -1.89. The lowest BCUT2D eigenvalue weighted by molar-refractivity contribution is -0.0198. The second-order valence-corrected chi connectivity index (χ2v) is 8.82. The first kappa shape index (κ1) is 24.4. The number of carbonyl (C=O) groups excluding carboxylic acids is 1. The Balaban J connectivity index is 4.53. The molecule has 25 heavy (non-hydrogen) atoms. The van der Waals surface area contributed by atoms with E-state index in [1.807, 2.05) is 0 Å². The van der Waals surface area contributed by atoms with E-state index >= 15 is 0 Å². The molecule has 0 fully saturated rings. The first-order chi connectivity index (χ1) is 11.5. The van der Waals surface area contributed by atoms with E-state index in [0.29, 0.717) is 6.42 Å². The van der Waals surface area contributed by atoms with Crippen molar-refractivity contribution in [3.63, 3.8) is 0 Å². The number of rotatable bonds is 9. The number of hydrogen-bond acceptors (Lipinski definition) is 5. The number of hydrogen-bond donors (Lipinski definition) is 1. The number of ether oxygens (including phenoxy) is 3. The normalized spacial score (nSPS) is 13.6. The van der Waals surface area contributed by atoms with Crippen molar-refractivity contribution in [2.24, 2.45) is 0 Å². The first-order valence-electron chi connectivity index (χ1n) is 8.30. The van der Waals surface area contributed by atoms with E-state index < -0.39 is 27.6 Å². The molecular weight excluding hydrogens is 389 g/mol. The summed E-state index contributed by atoms with van der Waals surface area (Å²) in [6, 6.07) is 0. The molecule has 1 N–H and O–H groups in total. The van der Waals surface area contributed by atoms with Crippen molar-refractivity contribution in [3.8, 4) is 0 Å². The molecule has 0 aromatic heterocycles. The van der Waals surface area contributed by atoms with Crippen molar-refractivity contribution in [1.82, 2.24) is 0 Å². The van der Waals surface area contributed by atoms with Crippen LogP contribution in [0.15, 0.2) is 12.2 Å². The molecule has 0 radical (unpaired) electrons. The molecule has 0 saturated carbocycles. The van der Waals surface area contributed by atoms with Crippen LogP contribution in [0, 0.1) is 5.41 Å². The monoisotopic (exact) mass is 415 g/mol. The van der Waals surface area contributed by atoms with Crippen molar-refractivity contribution in [1.29, 1.82) is 5.41 Å². The fourth-order valence-corrected chi connectivity index (χ4v) is 1.95. The summed E-state index contributed by atoms with van der Waals surface area (Å²) in [6.07, 6.45) is 7.10. The van der Waals surface area contributed by atoms with Gasteiger partial charge in [0.25, 0.3) is 3.79 Å². The lowest BCUT2D eigenvalue weighted by Gasteiger charge is -2.21. The zero-order valence-electron chi connectivity index (χ0n) is 15.2. The molecule has 1 atom stereocenters. The molecule has 0 heterocycles. The third-order valence-corrected chi connectivity index (χ3v) is 3.43. The van der Waals surface area contributed by atoms with E-state index in [1.165, 1.54) is 0 Å². The molecule has 0 aliphatic carbocycles. The molecule has 8 heteroatoms. The van der Waals surface area contributed by atoms with Crippen LogP contribution >= 0.6 is 34.8 Å². The van der Waals surface area contributed by atoms with Crippen LogP contribution in [0.1, 0.15) is 59.8 Å². The van der Waals surface area contributed by atoms with Gasteiger partial charge >= 0.3 is 6.16 Å². The minimum absolute atomic E-state index is 0.0376. The SMILES string of the molecule is CCCCCCC(/C=C\COC(=N)C(Cl)(Cl)Cl)OC(=O)OC(C)(C)C. The quantitative estimate of drug-likeness (QED) is 0.121. The van der Waals surface area contributed by atoms with Gasteiger partial charge in [-0.25, -0.2) is 4.79 Å². The summed E-state index contributed by atoms with van der Waals surface area (Å²) in [7, 11) is 0. The molecule has 146 valence electrons. The first-order valence-corrected chi connectivity index (χ1v) is 9.44. The van der Waals surface area contributed by atoms with Crippen LogP contribution in [-0.4, -0.2) is 34.2 Å². The maximum absolute atomic E-state index is 11.8. The molecule has 0 rings (SSSR count).